The van der Waals surface area contributed by atoms with Gasteiger partial charge in [0.1, 0.15) is 18.1 Å². The first-order valence-electron chi connectivity index (χ1n) is 7.28. The minimum absolute atomic E-state index is 0.137. The fraction of sp³-hybridized carbons (Fsp3) is 0.167. The highest BCUT2D eigenvalue weighted by molar-refractivity contribution is 5.87. The first-order valence-corrected chi connectivity index (χ1v) is 7.28. The Labute approximate surface area is 134 Å². The van der Waals surface area contributed by atoms with E-state index in [9.17, 15) is 4.79 Å². The molecule has 0 saturated carbocycles. The molecule has 1 N–H and O–H groups in total. The lowest BCUT2D eigenvalue weighted by atomic mass is 10.2. The van der Waals surface area contributed by atoms with Gasteiger partial charge in [0.15, 0.2) is 6.10 Å². The van der Waals surface area contributed by atoms with E-state index in [0.29, 0.717) is 18.9 Å². The third-order valence-corrected chi connectivity index (χ3v) is 3.63. The molecule has 0 radical (unpaired) electrons. The number of aromatic carboxylic acids is 1. The van der Waals surface area contributed by atoms with Gasteiger partial charge in [-0.2, -0.15) is 0 Å². The molecule has 118 valence electrons. The van der Waals surface area contributed by atoms with E-state index in [4.69, 9.17) is 14.6 Å². The minimum Gasteiger partial charge on any atom is -0.490 e. The normalized spacial score (nSPS) is 16.2. The number of fused-ring (bicyclic) bond motifs is 1. The number of hydrogen-bond acceptors (Lipinski definition) is 4. The summed E-state index contributed by atoms with van der Waals surface area (Å²) in [5, 5.41) is 8.88. The number of anilines is 1. The van der Waals surface area contributed by atoms with E-state index in [1.54, 1.807) is 18.3 Å². The second-order valence-corrected chi connectivity index (χ2v) is 5.18. The average Bonchev–Trinajstić information content (AvgIpc) is 2.59. The number of benzene rings is 2. The highest BCUT2D eigenvalue weighted by Crippen LogP contribution is 2.33. The van der Waals surface area contributed by atoms with Crippen LogP contribution in [0.1, 0.15) is 10.4 Å². The number of carboxylic acid groups (broad SMARTS) is 1. The maximum Gasteiger partial charge on any atom is 0.335 e. The summed E-state index contributed by atoms with van der Waals surface area (Å²) >= 11 is 0. The molecule has 2 aromatic carbocycles. The molecule has 23 heavy (non-hydrogen) atoms. The Morgan fingerprint density at radius 3 is 2.74 bits per heavy atom. The summed E-state index contributed by atoms with van der Waals surface area (Å²) in [6.07, 6.45) is 1.64. The first kappa shape index (κ1) is 15.0. The van der Waals surface area contributed by atoms with E-state index in [1.165, 1.54) is 12.1 Å². The zero-order chi connectivity index (χ0) is 16.2. The fourth-order valence-corrected chi connectivity index (χ4v) is 2.47. The topological polar surface area (TPSA) is 59.0 Å². The third kappa shape index (κ3) is 3.29. The van der Waals surface area contributed by atoms with Crippen molar-refractivity contribution < 1.29 is 19.4 Å². The second kappa shape index (κ2) is 6.44. The first-order chi connectivity index (χ1) is 11.2. The summed E-state index contributed by atoms with van der Waals surface area (Å²) in [5.41, 5.74) is 1.22. The molecule has 0 fully saturated rings. The molecule has 0 bridgehead atoms. The summed E-state index contributed by atoms with van der Waals surface area (Å²) in [6.45, 7) is 4.85. The lowest BCUT2D eigenvalue weighted by Gasteiger charge is -2.33. The van der Waals surface area contributed by atoms with Crippen molar-refractivity contribution in [2.75, 3.05) is 18.1 Å². The number of ether oxygens (including phenoxy) is 2. The van der Waals surface area contributed by atoms with Gasteiger partial charge in [0.05, 0.1) is 17.8 Å². The van der Waals surface area contributed by atoms with Crippen LogP contribution in [-0.4, -0.2) is 30.3 Å². The Balaban J connectivity index is 1.65. The Morgan fingerprint density at radius 1 is 1.30 bits per heavy atom. The van der Waals surface area contributed by atoms with Crippen molar-refractivity contribution in [1.29, 1.82) is 0 Å². The van der Waals surface area contributed by atoms with E-state index in [0.717, 1.165) is 11.4 Å². The number of rotatable bonds is 5. The molecule has 0 amide bonds. The molecule has 0 unspecified atom stereocenters. The van der Waals surface area contributed by atoms with Gasteiger partial charge in [-0.1, -0.05) is 18.7 Å². The molecule has 3 rings (SSSR count). The van der Waals surface area contributed by atoms with E-state index in [2.05, 4.69) is 6.58 Å². The van der Waals surface area contributed by atoms with E-state index in [-0.39, 0.29) is 11.7 Å². The summed E-state index contributed by atoms with van der Waals surface area (Å²) < 4.78 is 11.6. The van der Waals surface area contributed by atoms with Crippen molar-refractivity contribution in [3.05, 3.63) is 66.9 Å². The number of carboxylic acids is 1. The molecule has 2 aromatic rings. The van der Waals surface area contributed by atoms with Crippen molar-refractivity contribution in [3.63, 3.8) is 0 Å². The molecular weight excluding hydrogens is 294 g/mol. The van der Waals surface area contributed by atoms with Crippen molar-refractivity contribution in [3.8, 4) is 11.5 Å². The van der Waals surface area contributed by atoms with Gasteiger partial charge in [0.2, 0.25) is 0 Å². The van der Waals surface area contributed by atoms with Crippen LogP contribution < -0.4 is 14.4 Å². The van der Waals surface area contributed by atoms with Crippen LogP contribution in [0.25, 0.3) is 0 Å². The summed E-state index contributed by atoms with van der Waals surface area (Å²) in [4.78, 5) is 12.9. The Hall–Kier alpha value is -2.95. The zero-order valence-corrected chi connectivity index (χ0v) is 12.5. The zero-order valence-electron chi connectivity index (χ0n) is 12.5. The van der Waals surface area contributed by atoms with Crippen LogP contribution in [0.3, 0.4) is 0 Å². The highest BCUT2D eigenvalue weighted by atomic mass is 16.5. The van der Waals surface area contributed by atoms with Crippen molar-refractivity contribution in [1.82, 2.24) is 0 Å². The van der Waals surface area contributed by atoms with Crippen LogP contribution in [0.4, 0.5) is 5.69 Å². The largest absolute Gasteiger partial charge is 0.490 e. The van der Waals surface area contributed by atoms with Crippen LogP contribution in [0, 0.1) is 0 Å². The molecule has 0 spiro atoms. The van der Waals surface area contributed by atoms with Crippen LogP contribution >= 0.6 is 0 Å². The van der Waals surface area contributed by atoms with E-state index >= 15 is 0 Å². The predicted octanol–water partition coefficient (Wildman–Crippen LogP) is 3.17. The van der Waals surface area contributed by atoms with Gasteiger partial charge >= 0.3 is 5.97 Å². The quantitative estimate of drug-likeness (QED) is 0.919. The van der Waals surface area contributed by atoms with Crippen LogP contribution in [0.15, 0.2) is 61.3 Å². The predicted molar refractivity (Wildman–Crippen MR) is 87.3 cm³/mol. The van der Waals surface area contributed by atoms with Crippen LogP contribution in [0.5, 0.6) is 11.5 Å². The van der Waals surface area contributed by atoms with Gasteiger partial charge in [0, 0.05) is 0 Å². The van der Waals surface area contributed by atoms with Gasteiger partial charge in [-0.15, -0.1) is 0 Å². The molecule has 1 atom stereocenters. The Bertz CT molecular complexity index is 711. The summed E-state index contributed by atoms with van der Waals surface area (Å²) in [6, 6.07) is 14.1. The number of hydrogen-bond donors (Lipinski definition) is 1. The highest BCUT2D eigenvalue weighted by Gasteiger charge is 2.24. The van der Waals surface area contributed by atoms with Gasteiger partial charge in [-0.25, -0.2) is 4.79 Å². The molecule has 5 nitrogen and oxygen atoms in total. The molecule has 5 heteroatoms. The SMILES string of the molecule is C=CN1C[C@@H](COc2ccc(C(=O)O)cc2)Oc2ccccc21. The average molecular weight is 311 g/mol. The monoisotopic (exact) mass is 311 g/mol. The standard InChI is InChI=1S/C18H17NO4/c1-2-19-11-15(23-17-6-4-3-5-16(17)19)12-22-14-9-7-13(8-10-14)18(20)21/h2-10,15H,1,11-12H2,(H,20,21)/t15-/m0/s1. The van der Waals surface area contributed by atoms with Crippen LogP contribution in [0.2, 0.25) is 0 Å². The molecule has 0 aromatic heterocycles. The van der Waals surface area contributed by atoms with Gasteiger partial charge in [0.25, 0.3) is 0 Å². The maximum absolute atomic E-state index is 10.8. The number of nitrogens with zero attached hydrogens (tertiary/aromatic N) is 1. The van der Waals surface area contributed by atoms with Gasteiger partial charge in [-0.3, -0.25) is 0 Å². The number of carbonyl (C=O) groups is 1. The lowest BCUT2D eigenvalue weighted by Crippen LogP contribution is -2.40. The minimum atomic E-state index is -0.953. The molecular formula is C18H17NO4. The van der Waals surface area contributed by atoms with Crippen molar-refractivity contribution in [2.24, 2.45) is 0 Å². The second-order valence-electron chi connectivity index (χ2n) is 5.18. The van der Waals surface area contributed by atoms with E-state index < -0.39 is 5.97 Å². The smallest absolute Gasteiger partial charge is 0.335 e. The van der Waals surface area contributed by atoms with Gasteiger partial charge < -0.3 is 19.5 Å². The molecule has 0 saturated heterocycles. The molecule has 0 aliphatic carbocycles. The van der Waals surface area contributed by atoms with Crippen LogP contribution in [-0.2, 0) is 0 Å². The maximum atomic E-state index is 10.8. The summed E-state index contributed by atoms with van der Waals surface area (Å²) in [5.74, 6) is 0.460. The third-order valence-electron chi connectivity index (χ3n) is 3.63. The van der Waals surface area contributed by atoms with Gasteiger partial charge in [-0.05, 0) is 42.6 Å². The Morgan fingerprint density at radius 2 is 2.04 bits per heavy atom. The summed E-state index contributed by atoms with van der Waals surface area (Å²) in [7, 11) is 0. The molecule has 1 heterocycles. The Kier molecular flexibility index (Phi) is 4.19. The molecule has 1 aliphatic rings. The van der Waals surface area contributed by atoms with Crippen molar-refractivity contribution >= 4 is 11.7 Å². The molecule has 1 aliphatic heterocycles. The number of para-hydroxylation sites is 2. The lowest BCUT2D eigenvalue weighted by molar-refractivity contribution is 0.0696. The van der Waals surface area contributed by atoms with E-state index in [1.807, 2.05) is 29.2 Å². The fourth-order valence-electron chi connectivity index (χ4n) is 2.47. The van der Waals surface area contributed by atoms with Crippen molar-refractivity contribution in [2.45, 2.75) is 6.10 Å².